The van der Waals surface area contributed by atoms with Crippen molar-refractivity contribution < 1.29 is 13.2 Å². The Morgan fingerprint density at radius 3 is 2.86 bits per heavy atom. The third-order valence-electron chi connectivity index (χ3n) is 1.84. The summed E-state index contributed by atoms with van der Waals surface area (Å²) in [5.41, 5.74) is 0.392. The van der Waals surface area contributed by atoms with E-state index in [-0.39, 0.29) is 22.9 Å². The SMILES string of the molecule is FC(F)c1cccc2nc(CCl)oc12. The van der Waals surface area contributed by atoms with Gasteiger partial charge in [0.1, 0.15) is 5.52 Å². The number of hydrogen-bond donors (Lipinski definition) is 0. The van der Waals surface area contributed by atoms with Crippen molar-refractivity contribution in [2.24, 2.45) is 0 Å². The van der Waals surface area contributed by atoms with Crippen molar-refractivity contribution in [1.82, 2.24) is 4.98 Å². The van der Waals surface area contributed by atoms with Gasteiger partial charge in [-0.15, -0.1) is 11.6 Å². The summed E-state index contributed by atoms with van der Waals surface area (Å²) >= 11 is 5.49. The highest BCUT2D eigenvalue weighted by Gasteiger charge is 2.15. The van der Waals surface area contributed by atoms with E-state index in [2.05, 4.69) is 4.98 Å². The molecular formula is C9H6ClF2NO. The molecule has 0 unspecified atom stereocenters. The lowest BCUT2D eigenvalue weighted by molar-refractivity contribution is 0.151. The van der Waals surface area contributed by atoms with E-state index >= 15 is 0 Å². The summed E-state index contributed by atoms with van der Waals surface area (Å²) in [6.07, 6.45) is -2.56. The zero-order valence-electron chi connectivity index (χ0n) is 7.01. The smallest absolute Gasteiger partial charge is 0.267 e. The predicted octanol–water partition coefficient (Wildman–Crippen LogP) is 3.50. The first-order chi connectivity index (χ1) is 6.72. The number of rotatable bonds is 2. The van der Waals surface area contributed by atoms with Crippen LogP contribution in [0.3, 0.4) is 0 Å². The molecule has 2 rings (SSSR count). The molecular weight excluding hydrogens is 212 g/mol. The Morgan fingerprint density at radius 2 is 2.21 bits per heavy atom. The molecule has 1 heterocycles. The molecule has 0 amide bonds. The van der Waals surface area contributed by atoms with Gasteiger partial charge >= 0.3 is 0 Å². The van der Waals surface area contributed by atoms with Gasteiger partial charge in [0.2, 0.25) is 5.89 Å². The van der Waals surface area contributed by atoms with Crippen LogP contribution in [-0.4, -0.2) is 4.98 Å². The average molecular weight is 218 g/mol. The Labute approximate surface area is 83.5 Å². The minimum atomic E-state index is -2.56. The van der Waals surface area contributed by atoms with Crippen molar-refractivity contribution in [2.45, 2.75) is 12.3 Å². The molecule has 1 aromatic carbocycles. The predicted molar refractivity (Wildman–Crippen MR) is 48.5 cm³/mol. The highest BCUT2D eigenvalue weighted by Crippen LogP contribution is 2.28. The van der Waals surface area contributed by atoms with Crippen molar-refractivity contribution in [2.75, 3.05) is 0 Å². The number of oxazole rings is 1. The topological polar surface area (TPSA) is 26.0 Å². The molecule has 0 aliphatic carbocycles. The van der Waals surface area contributed by atoms with Crippen LogP contribution in [0.1, 0.15) is 17.9 Å². The van der Waals surface area contributed by atoms with Gasteiger partial charge < -0.3 is 4.42 Å². The van der Waals surface area contributed by atoms with Crippen molar-refractivity contribution in [3.63, 3.8) is 0 Å². The Kier molecular flexibility index (Phi) is 2.37. The van der Waals surface area contributed by atoms with Gasteiger partial charge in [-0.2, -0.15) is 0 Å². The van der Waals surface area contributed by atoms with Crippen LogP contribution < -0.4 is 0 Å². The van der Waals surface area contributed by atoms with E-state index in [1.807, 2.05) is 0 Å². The molecule has 2 aromatic rings. The van der Waals surface area contributed by atoms with E-state index in [1.165, 1.54) is 12.1 Å². The van der Waals surface area contributed by atoms with Crippen molar-refractivity contribution in [3.05, 3.63) is 29.7 Å². The number of hydrogen-bond acceptors (Lipinski definition) is 2. The van der Waals surface area contributed by atoms with Crippen LogP contribution in [0, 0.1) is 0 Å². The van der Waals surface area contributed by atoms with Crippen molar-refractivity contribution in [3.8, 4) is 0 Å². The number of nitrogens with zero attached hydrogens (tertiary/aromatic N) is 1. The minimum Gasteiger partial charge on any atom is -0.439 e. The van der Waals surface area contributed by atoms with Crippen LogP contribution in [-0.2, 0) is 5.88 Å². The second-order valence-corrected chi connectivity index (χ2v) is 3.00. The second kappa shape index (κ2) is 3.53. The van der Waals surface area contributed by atoms with Gasteiger partial charge in [-0.3, -0.25) is 0 Å². The first-order valence-corrected chi connectivity index (χ1v) is 4.48. The van der Waals surface area contributed by atoms with Gasteiger partial charge in [-0.25, -0.2) is 13.8 Å². The number of aromatic nitrogens is 1. The fourth-order valence-electron chi connectivity index (χ4n) is 1.25. The molecule has 14 heavy (non-hydrogen) atoms. The Hall–Kier alpha value is -1.16. The van der Waals surface area contributed by atoms with Gasteiger partial charge in [0.15, 0.2) is 5.58 Å². The molecule has 0 saturated carbocycles. The van der Waals surface area contributed by atoms with Crippen molar-refractivity contribution in [1.29, 1.82) is 0 Å². The van der Waals surface area contributed by atoms with E-state index in [9.17, 15) is 8.78 Å². The average Bonchev–Trinajstić information content (AvgIpc) is 2.59. The zero-order valence-corrected chi connectivity index (χ0v) is 7.76. The molecule has 0 spiro atoms. The third kappa shape index (κ3) is 1.46. The number of halogens is 3. The molecule has 0 atom stereocenters. The maximum Gasteiger partial charge on any atom is 0.267 e. The first kappa shape index (κ1) is 9.40. The molecule has 74 valence electrons. The summed E-state index contributed by atoms with van der Waals surface area (Å²) in [4.78, 5) is 3.94. The standard InChI is InChI=1S/C9H6ClF2NO/c10-4-7-13-6-3-1-2-5(9(11)12)8(6)14-7/h1-3,9H,4H2. The number of para-hydroxylation sites is 1. The number of benzene rings is 1. The van der Waals surface area contributed by atoms with Crippen LogP contribution in [0.4, 0.5) is 8.78 Å². The quantitative estimate of drug-likeness (QED) is 0.720. The highest BCUT2D eigenvalue weighted by atomic mass is 35.5. The Balaban J connectivity index is 2.66. The highest BCUT2D eigenvalue weighted by molar-refractivity contribution is 6.16. The number of fused-ring (bicyclic) bond motifs is 1. The molecule has 0 saturated heterocycles. The molecule has 0 fully saturated rings. The molecule has 0 aliphatic heterocycles. The third-order valence-corrected chi connectivity index (χ3v) is 2.07. The summed E-state index contributed by atoms with van der Waals surface area (Å²) in [6, 6.07) is 4.45. The molecule has 5 heteroatoms. The summed E-state index contributed by atoms with van der Waals surface area (Å²) in [5, 5.41) is 0. The fourth-order valence-corrected chi connectivity index (χ4v) is 1.36. The summed E-state index contributed by atoms with van der Waals surface area (Å²) in [5.74, 6) is 0.340. The van der Waals surface area contributed by atoms with Crippen LogP contribution in [0.15, 0.2) is 22.6 Å². The zero-order chi connectivity index (χ0) is 10.1. The molecule has 0 aliphatic rings. The second-order valence-electron chi connectivity index (χ2n) is 2.74. The maximum absolute atomic E-state index is 12.5. The normalized spacial score (nSPS) is 11.4. The van der Waals surface area contributed by atoms with E-state index in [0.717, 1.165) is 0 Å². The maximum atomic E-state index is 12.5. The summed E-state index contributed by atoms with van der Waals surface area (Å²) in [6.45, 7) is 0. The molecule has 1 aromatic heterocycles. The van der Waals surface area contributed by atoms with Gasteiger partial charge in [-0.1, -0.05) is 6.07 Å². The lowest BCUT2D eigenvalue weighted by Crippen LogP contribution is -1.83. The van der Waals surface area contributed by atoms with Gasteiger partial charge in [0.25, 0.3) is 6.43 Å². The molecule has 0 N–H and O–H groups in total. The van der Waals surface area contributed by atoms with Crippen LogP contribution in [0.25, 0.3) is 11.1 Å². The van der Waals surface area contributed by atoms with Crippen LogP contribution >= 0.6 is 11.6 Å². The van der Waals surface area contributed by atoms with Crippen LogP contribution in [0.2, 0.25) is 0 Å². The molecule has 2 nitrogen and oxygen atoms in total. The van der Waals surface area contributed by atoms with E-state index in [4.69, 9.17) is 16.0 Å². The first-order valence-electron chi connectivity index (χ1n) is 3.95. The fraction of sp³-hybridized carbons (Fsp3) is 0.222. The molecule has 0 radical (unpaired) electrons. The summed E-state index contributed by atoms with van der Waals surface area (Å²) < 4.78 is 30.1. The van der Waals surface area contributed by atoms with E-state index < -0.39 is 6.43 Å². The van der Waals surface area contributed by atoms with E-state index in [0.29, 0.717) is 5.52 Å². The minimum absolute atomic E-state index is 0.0807. The van der Waals surface area contributed by atoms with Crippen molar-refractivity contribution >= 4 is 22.7 Å². The monoisotopic (exact) mass is 217 g/mol. The lowest BCUT2D eigenvalue weighted by atomic mass is 10.2. The van der Waals surface area contributed by atoms with Gasteiger partial charge in [-0.05, 0) is 12.1 Å². The lowest BCUT2D eigenvalue weighted by Gasteiger charge is -1.97. The van der Waals surface area contributed by atoms with E-state index in [1.54, 1.807) is 6.07 Å². The summed E-state index contributed by atoms with van der Waals surface area (Å²) in [7, 11) is 0. The Bertz CT molecular complexity index is 455. The van der Waals surface area contributed by atoms with Gasteiger partial charge in [0.05, 0.1) is 11.4 Å². The number of alkyl halides is 3. The molecule has 0 bridgehead atoms. The Morgan fingerprint density at radius 1 is 1.43 bits per heavy atom. The largest absolute Gasteiger partial charge is 0.439 e. The van der Waals surface area contributed by atoms with Crippen LogP contribution in [0.5, 0.6) is 0 Å². The van der Waals surface area contributed by atoms with Gasteiger partial charge in [0, 0.05) is 0 Å².